The van der Waals surface area contributed by atoms with E-state index in [0.717, 1.165) is 53.5 Å². The number of amides is 1. The number of aromatic amines is 1. The van der Waals surface area contributed by atoms with Crippen molar-refractivity contribution in [3.05, 3.63) is 60.2 Å². The predicted molar refractivity (Wildman–Crippen MR) is 107 cm³/mol. The summed E-state index contributed by atoms with van der Waals surface area (Å²) in [5, 5.41) is 12.7. The fourth-order valence-corrected chi connectivity index (χ4v) is 4.14. The Kier molecular flexibility index (Phi) is 4.59. The number of H-pyrrole nitrogens is 1. The number of carbonyl (C=O) groups is 1. The fraction of sp³-hybridized carbons (Fsp3) is 0.333. The van der Waals surface area contributed by atoms with Crippen LogP contribution in [0.3, 0.4) is 0 Å². The van der Waals surface area contributed by atoms with Crippen molar-refractivity contribution >= 4 is 22.6 Å². The molecule has 0 spiro atoms. The van der Waals surface area contributed by atoms with Crippen LogP contribution in [0.15, 0.2) is 48.9 Å². The van der Waals surface area contributed by atoms with Gasteiger partial charge in [-0.15, -0.1) is 5.10 Å². The molecule has 1 fully saturated rings. The minimum absolute atomic E-state index is 0.130. The minimum Gasteiger partial charge on any atom is -0.445 e. The van der Waals surface area contributed by atoms with Gasteiger partial charge in [-0.1, -0.05) is 35.5 Å². The van der Waals surface area contributed by atoms with E-state index in [9.17, 15) is 4.79 Å². The van der Waals surface area contributed by atoms with Gasteiger partial charge >= 0.3 is 6.09 Å². The van der Waals surface area contributed by atoms with E-state index >= 15 is 0 Å². The van der Waals surface area contributed by atoms with E-state index in [2.05, 4.69) is 25.6 Å². The molecule has 0 unspecified atom stereocenters. The summed E-state index contributed by atoms with van der Waals surface area (Å²) in [4.78, 5) is 19.6. The van der Waals surface area contributed by atoms with E-state index < -0.39 is 0 Å². The zero-order chi connectivity index (χ0) is 19.6. The van der Waals surface area contributed by atoms with Crippen molar-refractivity contribution in [2.45, 2.75) is 44.2 Å². The average Bonchev–Trinajstić information content (AvgIpc) is 3.40. The van der Waals surface area contributed by atoms with Crippen LogP contribution in [0.5, 0.6) is 0 Å². The lowest BCUT2D eigenvalue weighted by Gasteiger charge is -2.27. The fourth-order valence-electron chi connectivity index (χ4n) is 4.14. The summed E-state index contributed by atoms with van der Waals surface area (Å²) in [6, 6.07) is 11.8. The number of hydrogen-bond acceptors (Lipinski definition) is 5. The van der Waals surface area contributed by atoms with Crippen molar-refractivity contribution in [3.63, 3.8) is 0 Å². The number of carbonyl (C=O) groups excluding carboxylic acids is 1. The number of alkyl carbamates (subject to hydrolysis) is 1. The van der Waals surface area contributed by atoms with E-state index in [1.54, 1.807) is 10.8 Å². The number of hydrogen-bond donors (Lipinski definition) is 2. The molecule has 4 aromatic rings. The predicted octanol–water partition coefficient (Wildman–Crippen LogP) is 3.56. The summed E-state index contributed by atoms with van der Waals surface area (Å²) in [5.74, 6) is 0.325. The molecule has 148 valence electrons. The molecule has 1 aliphatic carbocycles. The molecular formula is C21H22N6O2. The van der Waals surface area contributed by atoms with Gasteiger partial charge in [0.25, 0.3) is 0 Å². The molecule has 2 N–H and O–H groups in total. The van der Waals surface area contributed by atoms with Gasteiger partial charge in [0.1, 0.15) is 24.1 Å². The molecule has 0 aliphatic heterocycles. The van der Waals surface area contributed by atoms with Crippen LogP contribution in [-0.2, 0) is 11.3 Å². The molecule has 0 atom stereocenters. The highest BCUT2D eigenvalue weighted by Crippen LogP contribution is 2.35. The maximum atomic E-state index is 12.1. The van der Waals surface area contributed by atoms with Gasteiger partial charge in [-0.25, -0.2) is 14.3 Å². The second-order valence-electron chi connectivity index (χ2n) is 7.51. The van der Waals surface area contributed by atoms with Crippen LogP contribution in [0, 0.1) is 0 Å². The number of aromatic nitrogens is 5. The molecule has 29 heavy (non-hydrogen) atoms. The maximum Gasteiger partial charge on any atom is 0.407 e. The van der Waals surface area contributed by atoms with Gasteiger partial charge in [0.05, 0.1) is 5.69 Å². The van der Waals surface area contributed by atoms with Gasteiger partial charge in [0.15, 0.2) is 0 Å². The number of nitrogens with one attached hydrogen (secondary N) is 2. The zero-order valence-electron chi connectivity index (χ0n) is 15.9. The lowest BCUT2D eigenvalue weighted by molar-refractivity contribution is 0.132. The number of rotatable bonds is 4. The molecule has 1 aromatic carbocycles. The Labute approximate surface area is 167 Å². The van der Waals surface area contributed by atoms with E-state index in [1.165, 1.54) is 0 Å². The number of benzene rings is 1. The Morgan fingerprint density at radius 1 is 1.17 bits per heavy atom. The van der Waals surface area contributed by atoms with Crippen molar-refractivity contribution in [1.82, 2.24) is 30.1 Å². The van der Waals surface area contributed by atoms with Gasteiger partial charge < -0.3 is 15.0 Å². The molecule has 0 bridgehead atoms. The molecule has 3 heterocycles. The second kappa shape index (κ2) is 7.54. The third-order valence-corrected chi connectivity index (χ3v) is 5.65. The Morgan fingerprint density at radius 2 is 2.00 bits per heavy atom. The van der Waals surface area contributed by atoms with Crippen LogP contribution in [0.1, 0.15) is 42.9 Å². The lowest BCUT2D eigenvalue weighted by Crippen LogP contribution is -2.37. The number of nitrogens with zero attached hydrogens (tertiary/aromatic N) is 4. The van der Waals surface area contributed by atoms with Crippen LogP contribution in [0.2, 0.25) is 0 Å². The van der Waals surface area contributed by atoms with E-state index in [1.807, 2.05) is 42.6 Å². The summed E-state index contributed by atoms with van der Waals surface area (Å²) in [5.41, 5.74) is 3.87. The maximum absolute atomic E-state index is 12.1. The Bertz CT molecular complexity index is 1130. The third-order valence-electron chi connectivity index (χ3n) is 5.65. The normalized spacial score (nSPS) is 19.4. The summed E-state index contributed by atoms with van der Waals surface area (Å²) in [6.45, 7) is 0.287. The first-order chi connectivity index (χ1) is 14.3. The summed E-state index contributed by atoms with van der Waals surface area (Å²) >= 11 is 0. The van der Waals surface area contributed by atoms with Gasteiger partial charge in [-0.3, -0.25) is 0 Å². The third kappa shape index (κ3) is 3.53. The van der Waals surface area contributed by atoms with Gasteiger partial charge in [0, 0.05) is 23.5 Å². The first-order valence-corrected chi connectivity index (χ1v) is 9.92. The molecule has 3 aromatic heterocycles. The molecule has 8 nitrogen and oxygen atoms in total. The first-order valence-electron chi connectivity index (χ1n) is 9.92. The zero-order valence-corrected chi connectivity index (χ0v) is 15.9. The summed E-state index contributed by atoms with van der Waals surface area (Å²) in [6.07, 6.45) is 6.92. The second-order valence-corrected chi connectivity index (χ2v) is 7.51. The number of ether oxygens (including phenoxy) is 1. The lowest BCUT2D eigenvalue weighted by atomic mass is 9.83. The monoisotopic (exact) mass is 390 g/mol. The standard InChI is InChI=1S/C21H22N6O2/c28-21(29-12-14-4-2-1-3-5-14)24-16-8-6-15(7-9-16)18-19-17-10-11-22-20(17)23-13-27(19)26-25-18/h1-5,10-11,13,15-16,22H,6-9,12H2,(H,24,28). The van der Waals surface area contributed by atoms with Crippen LogP contribution in [0.4, 0.5) is 4.79 Å². The van der Waals surface area contributed by atoms with E-state index in [4.69, 9.17) is 4.74 Å². The van der Waals surface area contributed by atoms with Crippen molar-refractivity contribution in [2.24, 2.45) is 0 Å². The SMILES string of the molecule is O=C(NC1CCC(c2nnn3cnc4[nH]ccc4c23)CC1)OCc1ccccc1. The van der Waals surface area contributed by atoms with Crippen molar-refractivity contribution in [1.29, 1.82) is 0 Å². The van der Waals surface area contributed by atoms with Gasteiger partial charge in [-0.2, -0.15) is 0 Å². The minimum atomic E-state index is -0.355. The average molecular weight is 390 g/mol. The van der Waals surface area contributed by atoms with Crippen molar-refractivity contribution in [2.75, 3.05) is 0 Å². The largest absolute Gasteiger partial charge is 0.445 e. The van der Waals surface area contributed by atoms with Crippen LogP contribution in [-0.4, -0.2) is 36.9 Å². The molecule has 8 heteroatoms. The molecule has 0 saturated heterocycles. The Balaban J connectivity index is 1.20. The van der Waals surface area contributed by atoms with Gasteiger partial charge in [0.2, 0.25) is 0 Å². The highest BCUT2D eigenvalue weighted by molar-refractivity contribution is 5.92. The molecule has 1 saturated carbocycles. The molecule has 1 amide bonds. The Morgan fingerprint density at radius 3 is 2.83 bits per heavy atom. The smallest absolute Gasteiger partial charge is 0.407 e. The van der Waals surface area contributed by atoms with Crippen molar-refractivity contribution < 1.29 is 9.53 Å². The first kappa shape index (κ1) is 17.7. The highest BCUT2D eigenvalue weighted by atomic mass is 16.5. The summed E-state index contributed by atoms with van der Waals surface area (Å²) < 4.78 is 7.09. The Hall–Kier alpha value is -3.42. The van der Waals surface area contributed by atoms with Crippen LogP contribution < -0.4 is 5.32 Å². The van der Waals surface area contributed by atoms with Crippen molar-refractivity contribution in [3.8, 4) is 0 Å². The quantitative estimate of drug-likeness (QED) is 0.555. The van der Waals surface area contributed by atoms with E-state index in [-0.39, 0.29) is 18.7 Å². The number of fused-ring (bicyclic) bond motifs is 3. The summed E-state index contributed by atoms with van der Waals surface area (Å²) in [7, 11) is 0. The topological polar surface area (TPSA) is 97.2 Å². The van der Waals surface area contributed by atoms with Crippen LogP contribution >= 0.6 is 0 Å². The highest BCUT2D eigenvalue weighted by Gasteiger charge is 2.27. The molecular weight excluding hydrogens is 368 g/mol. The van der Waals surface area contributed by atoms with Gasteiger partial charge in [-0.05, 0) is 37.3 Å². The van der Waals surface area contributed by atoms with E-state index in [0.29, 0.717) is 5.92 Å². The molecule has 5 rings (SSSR count). The molecule has 0 radical (unpaired) electrons. The van der Waals surface area contributed by atoms with Crippen LogP contribution in [0.25, 0.3) is 16.6 Å². The molecule has 1 aliphatic rings.